The molecule has 0 radical (unpaired) electrons. The molecule has 0 unspecified atom stereocenters. The second kappa shape index (κ2) is 8.44. The SMILES string of the molecule is CC(=O)N1CCC(N[C@@H]2CC[C@@H]2NC(=O)CCc2ccc(=O)[nH]n2)CC1. The third kappa shape index (κ3) is 4.91. The lowest BCUT2D eigenvalue weighted by molar-refractivity contribution is -0.130. The molecule has 0 spiro atoms. The van der Waals surface area contributed by atoms with Gasteiger partial charge in [0.2, 0.25) is 11.8 Å². The first-order chi connectivity index (χ1) is 12.5. The number of H-pyrrole nitrogens is 1. The van der Waals surface area contributed by atoms with Gasteiger partial charge in [0.25, 0.3) is 5.56 Å². The standard InChI is InChI=1S/C18H27N5O3/c1-12(24)23-10-8-13(9-11-23)19-15-4-5-16(15)20-17(25)6-2-14-3-7-18(26)22-21-14/h3,7,13,15-16,19H,2,4-6,8-11H2,1H3,(H,20,25)(H,22,26)/t15-,16+/m1/s1. The fraction of sp³-hybridized carbons (Fsp3) is 0.667. The minimum Gasteiger partial charge on any atom is -0.352 e. The number of amides is 2. The molecule has 0 aromatic carbocycles. The highest BCUT2D eigenvalue weighted by Gasteiger charge is 2.34. The summed E-state index contributed by atoms with van der Waals surface area (Å²) in [5, 5.41) is 13.0. The van der Waals surface area contributed by atoms with Gasteiger partial charge < -0.3 is 15.5 Å². The molecule has 0 bridgehead atoms. The summed E-state index contributed by atoms with van der Waals surface area (Å²) in [7, 11) is 0. The van der Waals surface area contributed by atoms with E-state index in [9.17, 15) is 14.4 Å². The van der Waals surface area contributed by atoms with E-state index < -0.39 is 0 Å². The Morgan fingerprint density at radius 3 is 2.50 bits per heavy atom. The van der Waals surface area contributed by atoms with E-state index in [0.717, 1.165) is 38.8 Å². The first kappa shape index (κ1) is 18.6. The maximum absolute atomic E-state index is 12.2. The molecule has 2 amide bonds. The molecule has 2 atom stereocenters. The Bertz CT molecular complexity index is 676. The van der Waals surface area contributed by atoms with Gasteiger partial charge in [-0.25, -0.2) is 5.10 Å². The monoisotopic (exact) mass is 361 g/mol. The maximum Gasteiger partial charge on any atom is 0.264 e. The van der Waals surface area contributed by atoms with Gasteiger partial charge >= 0.3 is 0 Å². The fourth-order valence-corrected chi connectivity index (χ4v) is 3.57. The molecule has 1 aromatic rings. The van der Waals surface area contributed by atoms with Crippen molar-refractivity contribution in [1.82, 2.24) is 25.7 Å². The normalized spacial score (nSPS) is 23.3. The Kier molecular flexibility index (Phi) is 6.03. The summed E-state index contributed by atoms with van der Waals surface area (Å²) in [6.07, 6.45) is 4.87. The summed E-state index contributed by atoms with van der Waals surface area (Å²) in [4.78, 5) is 36.4. The third-order valence-corrected chi connectivity index (χ3v) is 5.36. The number of nitrogens with zero attached hydrogens (tertiary/aromatic N) is 2. The summed E-state index contributed by atoms with van der Waals surface area (Å²) in [6, 6.07) is 3.98. The van der Waals surface area contributed by atoms with Crippen LogP contribution in [0.2, 0.25) is 0 Å². The van der Waals surface area contributed by atoms with Gasteiger partial charge in [-0.1, -0.05) is 0 Å². The highest BCUT2D eigenvalue weighted by molar-refractivity contribution is 5.76. The molecule has 3 rings (SSSR count). The van der Waals surface area contributed by atoms with Gasteiger partial charge in [-0.2, -0.15) is 5.10 Å². The van der Waals surface area contributed by atoms with Crippen LogP contribution < -0.4 is 16.2 Å². The van der Waals surface area contributed by atoms with Crippen LogP contribution in [0.25, 0.3) is 0 Å². The first-order valence-electron chi connectivity index (χ1n) is 9.37. The Morgan fingerprint density at radius 2 is 1.92 bits per heavy atom. The number of rotatable bonds is 6. The first-order valence-corrected chi connectivity index (χ1v) is 9.37. The van der Waals surface area contributed by atoms with Gasteiger partial charge in [-0.3, -0.25) is 14.4 Å². The summed E-state index contributed by atoms with van der Waals surface area (Å²) >= 11 is 0. The minimum absolute atomic E-state index is 0.0147. The predicted octanol–water partition coefficient (Wildman–Crippen LogP) is -0.0498. The second-order valence-corrected chi connectivity index (χ2v) is 7.22. The third-order valence-electron chi connectivity index (χ3n) is 5.36. The van der Waals surface area contributed by atoms with Crippen LogP contribution in [0.4, 0.5) is 0 Å². The zero-order valence-electron chi connectivity index (χ0n) is 15.2. The Morgan fingerprint density at radius 1 is 1.19 bits per heavy atom. The van der Waals surface area contributed by atoms with E-state index in [1.54, 1.807) is 13.0 Å². The van der Waals surface area contributed by atoms with Crippen molar-refractivity contribution in [3.8, 4) is 0 Å². The Hall–Kier alpha value is -2.22. The van der Waals surface area contributed by atoms with Crippen LogP contribution in [0.1, 0.15) is 44.7 Å². The van der Waals surface area contributed by atoms with Crippen molar-refractivity contribution in [1.29, 1.82) is 0 Å². The number of aromatic amines is 1. The van der Waals surface area contributed by atoms with E-state index in [1.165, 1.54) is 6.07 Å². The van der Waals surface area contributed by atoms with E-state index >= 15 is 0 Å². The molecule has 2 fully saturated rings. The van der Waals surface area contributed by atoms with Crippen LogP contribution in [-0.4, -0.2) is 58.1 Å². The highest BCUT2D eigenvalue weighted by atomic mass is 16.2. The van der Waals surface area contributed by atoms with Crippen molar-refractivity contribution in [2.75, 3.05) is 13.1 Å². The van der Waals surface area contributed by atoms with E-state index in [0.29, 0.717) is 30.6 Å². The predicted molar refractivity (Wildman–Crippen MR) is 96.5 cm³/mol. The van der Waals surface area contributed by atoms with E-state index in [-0.39, 0.29) is 23.4 Å². The van der Waals surface area contributed by atoms with Gasteiger partial charge in [-0.15, -0.1) is 0 Å². The molecule has 1 aliphatic carbocycles. The van der Waals surface area contributed by atoms with Crippen LogP contribution in [-0.2, 0) is 16.0 Å². The largest absolute Gasteiger partial charge is 0.352 e. The maximum atomic E-state index is 12.2. The average Bonchev–Trinajstić information content (AvgIpc) is 2.63. The van der Waals surface area contributed by atoms with Crippen molar-refractivity contribution in [3.05, 3.63) is 28.2 Å². The lowest BCUT2D eigenvalue weighted by Gasteiger charge is -2.42. The smallest absolute Gasteiger partial charge is 0.264 e. The number of aromatic nitrogens is 2. The van der Waals surface area contributed by atoms with Crippen molar-refractivity contribution in [2.45, 2.75) is 63.6 Å². The molecule has 1 aliphatic heterocycles. The number of carbonyl (C=O) groups is 2. The highest BCUT2D eigenvalue weighted by Crippen LogP contribution is 2.23. The number of hydrogen-bond acceptors (Lipinski definition) is 5. The Balaban J connectivity index is 1.37. The molecular formula is C18H27N5O3. The lowest BCUT2D eigenvalue weighted by atomic mass is 9.85. The summed E-state index contributed by atoms with van der Waals surface area (Å²) < 4.78 is 0. The van der Waals surface area contributed by atoms with Crippen LogP contribution in [0.15, 0.2) is 16.9 Å². The van der Waals surface area contributed by atoms with Crippen molar-refractivity contribution in [3.63, 3.8) is 0 Å². The molecule has 3 N–H and O–H groups in total. The van der Waals surface area contributed by atoms with Crippen LogP contribution in [0, 0.1) is 0 Å². The van der Waals surface area contributed by atoms with E-state index in [1.807, 2.05) is 4.90 Å². The van der Waals surface area contributed by atoms with Crippen molar-refractivity contribution >= 4 is 11.8 Å². The molecule has 8 nitrogen and oxygen atoms in total. The molecule has 1 saturated carbocycles. The average molecular weight is 361 g/mol. The molecule has 26 heavy (non-hydrogen) atoms. The quantitative estimate of drug-likeness (QED) is 0.659. The summed E-state index contributed by atoms with van der Waals surface area (Å²) in [5.41, 5.74) is 0.469. The van der Waals surface area contributed by atoms with Gasteiger partial charge in [-0.05, 0) is 31.7 Å². The summed E-state index contributed by atoms with van der Waals surface area (Å²) in [5.74, 6) is 0.162. The van der Waals surface area contributed by atoms with Crippen LogP contribution >= 0.6 is 0 Å². The zero-order valence-corrected chi connectivity index (χ0v) is 15.2. The molecule has 1 saturated heterocycles. The van der Waals surface area contributed by atoms with Crippen LogP contribution in [0.3, 0.4) is 0 Å². The second-order valence-electron chi connectivity index (χ2n) is 7.22. The molecule has 2 heterocycles. The lowest BCUT2D eigenvalue weighted by Crippen LogP contribution is -2.60. The number of carbonyl (C=O) groups excluding carboxylic acids is 2. The number of likely N-dealkylation sites (tertiary alicyclic amines) is 1. The number of hydrogen-bond donors (Lipinski definition) is 3. The molecule has 1 aromatic heterocycles. The van der Waals surface area contributed by atoms with Gasteiger partial charge in [0.05, 0.1) is 5.69 Å². The Labute approximate surface area is 152 Å². The van der Waals surface area contributed by atoms with E-state index in [4.69, 9.17) is 0 Å². The van der Waals surface area contributed by atoms with Gasteiger partial charge in [0, 0.05) is 57.0 Å². The fourth-order valence-electron chi connectivity index (χ4n) is 3.57. The van der Waals surface area contributed by atoms with Gasteiger partial charge in [0.1, 0.15) is 0 Å². The minimum atomic E-state index is -0.240. The number of nitrogens with one attached hydrogen (secondary N) is 3. The van der Waals surface area contributed by atoms with E-state index in [2.05, 4.69) is 20.8 Å². The van der Waals surface area contributed by atoms with Crippen molar-refractivity contribution in [2.24, 2.45) is 0 Å². The molecule has 142 valence electrons. The molecule has 2 aliphatic rings. The topological polar surface area (TPSA) is 107 Å². The van der Waals surface area contributed by atoms with Crippen LogP contribution in [0.5, 0.6) is 0 Å². The summed E-state index contributed by atoms with van der Waals surface area (Å²) in [6.45, 7) is 3.24. The zero-order chi connectivity index (χ0) is 18.5. The molecule has 8 heteroatoms. The van der Waals surface area contributed by atoms with Gasteiger partial charge in [0.15, 0.2) is 0 Å². The van der Waals surface area contributed by atoms with Crippen molar-refractivity contribution < 1.29 is 9.59 Å². The number of piperidine rings is 1. The molecular weight excluding hydrogens is 334 g/mol. The number of aryl methyl sites for hydroxylation is 1.